The molecule has 0 radical (unpaired) electrons. The number of aliphatic hydroxyl groups excluding tert-OH is 1. The van der Waals surface area contributed by atoms with E-state index < -0.39 is 6.10 Å². The minimum Gasteiger partial charge on any atom is -0.376 e. The zero-order chi connectivity index (χ0) is 9.97. The van der Waals surface area contributed by atoms with E-state index in [1.54, 1.807) is 0 Å². The normalized spacial score (nSPS) is 12.3. The van der Waals surface area contributed by atoms with Crippen LogP contribution in [0.2, 0.25) is 0 Å². The highest BCUT2D eigenvalue weighted by Gasteiger charge is 2.03. The van der Waals surface area contributed by atoms with Gasteiger partial charge >= 0.3 is 0 Å². The molecule has 68 valence electrons. The Kier molecular flexibility index (Phi) is 2.22. The van der Waals surface area contributed by atoms with Gasteiger partial charge in [-0.05, 0) is 22.4 Å². The molecule has 1 heteroatoms. The topological polar surface area (TPSA) is 20.2 Å². The molecule has 0 spiro atoms. The lowest BCUT2D eigenvalue weighted by Gasteiger charge is -2.04. The number of fused-ring (bicyclic) bond motifs is 1. The molecule has 0 bridgehead atoms. The molecule has 0 aromatic heterocycles. The van der Waals surface area contributed by atoms with Crippen molar-refractivity contribution in [1.82, 2.24) is 0 Å². The van der Waals surface area contributed by atoms with Crippen molar-refractivity contribution in [3.8, 4) is 12.3 Å². The Labute approximate surface area is 83.0 Å². The van der Waals surface area contributed by atoms with E-state index in [1.165, 1.54) is 0 Å². The summed E-state index contributed by atoms with van der Waals surface area (Å²) in [4.78, 5) is 0. The molecule has 0 saturated carbocycles. The quantitative estimate of drug-likeness (QED) is 0.672. The molecule has 1 N–H and O–H groups in total. The van der Waals surface area contributed by atoms with Gasteiger partial charge in [0.1, 0.15) is 6.10 Å². The first-order valence-electron chi connectivity index (χ1n) is 4.44. The summed E-state index contributed by atoms with van der Waals surface area (Å²) < 4.78 is 0. The monoisotopic (exact) mass is 182 g/mol. The Hall–Kier alpha value is -1.78. The third-order valence-electron chi connectivity index (χ3n) is 2.25. The van der Waals surface area contributed by atoms with Crippen molar-refractivity contribution >= 4 is 10.8 Å². The van der Waals surface area contributed by atoms with E-state index >= 15 is 0 Å². The van der Waals surface area contributed by atoms with Crippen LogP contribution in [0.5, 0.6) is 0 Å². The Morgan fingerprint density at radius 3 is 2.50 bits per heavy atom. The fraction of sp³-hybridized carbons (Fsp3) is 0.0769. The molecule has 0 aliphatic carbocycles. The lowest BCUT2D eigenvalue weighted by atomic mass is 10.0. The third kappa shape index (κ3) is 1.48. The fourth-order valence-corrected chi connectivity index (χ4v) is 1.47. The predicted molar refractivity (Wildman–Crippen MR) is 57.7 cm³/mol. The van der Waals surface area contributed by atoms with Gasteiger partial charge in [-0.25, -0.2) is 0 Å². The van der Waals surface area contributed by atoms with Crippen LogP contribution in [0.15, 0.2) is 42.5 Å². The van der Waals surface area contributed by atoms with Crippen molar-refractivity contribution in [3.63, 3.8) is 0 Å². The number of hydrogen-bond acceptors (Lipinski definition) is 1. The molecule has 1 unspecified atom stereocenters. The predicted octanol–water partition coefficient (Wildman–Crippen LogP) is 2.51. The molecule has 0 aliphatic rings. The number of rotatable bonds is 1. The van der Waals surface area contributed by atoms with Crippen molar-refractivity contribution in [3.05, 3.63) is 48.0 Å². The Balaban J connectivity index is 2.58. The highest BCUT2D eigenvalue weighted by molar-refractivity contribution is 5.83. The van der Waals surface area contributed by atoms with Gasteiger partial charge in [0, 0.05) is 0 Å². The standard InChI is InChI=1S/C13H10O/c1-2-13(14)12-8-7-10-5-3-4-6-11(10)9-12/h1,3-9,13-14H. The van der Waals surface area contributed by atoms with Crippen molar-refractivity contribution in [1.29, 1.82) is 0 Å². The van der Waals surface area contributed by atoms with Crippen LogP contribution in [-0.2, 0) is 0 Å². The average molecular weight is 182 g/mol. The van der Waals surface area contributed by atoms with E-state index in [0.29, 0.717) is 0 Å². The molecular weight excluding hydrogens is 172 g/mol. The minimum absolute atomic E-state index is 0.770. The van der Waals surface area contributed by atoms with Crippen molar-refractivity contribution in [2.45, 2.75) is 6.10 Å². The molecule has 0 fully saturated rings. The summed E-state index contributed by atoms with van der Waals surface area (Å²) in [7, 11) is 0. The molecule has 2 rings (SSSR count). The fourth-order valence-electron chi connectivity index (χ4n) is 1.47. The summed E-state index contributed by atoms with van der Waals surface area (Å²) in [6.45, 7) is 0. The first-order chi connectivity index (χ1) is 6.81. The molecule has 2 aromatic carbocycles. The van der Waals surface area contributed by atoms with Crippen LogP contribution in [0, 0.1) is 12.3 Å². The maximum Gasteiger partial charge on any atom is 0.140 e. The van der Waals surface area contributed by atoms with Crippen molar-refractivity contribution in [2.24, 2.45) is 0 Å². The highest BCUT2D eigenvalue weighted by Crippen LogP contribution is 2.19. The first kappa shape index (κ1) is 8.80. The lowest BCUT2D eigenvalue weighted by Crippen LogP contribution is -1.92. The summed E-state index contributed by atoms with van der Waals surface area (Å²) in [5.74, 6) is 2.30. The maximum absolute atomic E-state index is 9.45. The molecule has 0 amide bonds. The van der Waals surface area contributed by atoms with Crippen LogP contribution in [0.4, 0.5) is 0 Å². The van der Waals surface area contributed by atoms with E-state index in [1.807, 2.05) is 42.5 Å². The zero-order valence-electron chi connectivity index (χ0n) is 7.64. The Bertz CT molecular complexity index is 494. The average Bonchev–Trinajstić information content (AvgIpc) is 2.27. The first-order valence-corrected chi connectivity index (χ1v) is 4.44. The van der Waals surface area contributed by atoms with E-state index in [2.05, 4.69) is 5.92 Å². The van der Waals surface area contributed by atoms with Crippen LogP contribution in [-0.4, -0.2) is 5.11 Å². The van der Waals surface area contributed by atoms with Gasteiger partial charge in [-0.3, -0.25) is 0 Å². The zero-order valence-corrected chi connectivity index (χ0v) is 7.64. The summed E-state index contributed by atoms with van der Waals surface area (Å²) in [6.07, 6.45) is 4.34. The number of benzene rings is 2. The third-order valence-corrected chi connectivity index (χ3v) is 2.25. The van der Waals surface area contributed by atoms with E-state index in [9.17, 15) is 5.11 Å². The minimum atomic E-state index is -0.806. The second-order valence-corrected chi connectivity index (χ2v) is 3.18. The van der Waals surface area contributed by atoms with Crippen LogP contribution >= 0.6 is 0 Å². The molecule has 0 saturated heterocycles. The second kappa shape index (κ2) is 3.53. The molecule has 0 aliphatic heterocycles. The van der Waals surface area contributed by atoms with Crippen LogP contribution in [0.1, 0.15) is 11.7 Å². The number of aliphatic hydroxyl groups is 1. The van der Waals surface area contributed by atoms with Gasteiger partial charge in [-0.2, -0.15) is 0 Å². The largest absolute Gasteiger partial charge is 0.376 e. The van der Waals surface area contributed by atoms with Crippen LogP contribution in [0.3, 0.4) is 0 Å². The smallest absolute Gasteiger partial charge is 0.140 e. The molecule has 1 atom stereocenters. The number of hydrogen-bond donors (Lipinski definition) is 1. The summed E-state index contributed by atoms with van der Waals surface area (Å²) in [5.41, 5.74) is 0.770. The van der Waals surface area contributed by atoms with E-state index in [-0.39, 0.29) is 0 Å². The van der Waals surface area contributed by atoms with Crippen LogP contribution in [0.25, 0.3) is 10.8 Å². The van der Waals surface area contributed by atoms with Gasteiger partial charge in [-0.15, -0.1) is 6.42 Å². The summed E-state index contributed by atoms with van der Waals surface area (Å²) in [5, 5.41) is 11.7. The SMILES string of the molecule is C#CC(O)c1ccc2ccccc2c1. The second-order valence-electron chi connectivity index (χ2n) is 3.18. The van der Waals surface area contributed by atoms with E-state index in [4.69, 9.17) is 6.42 Å². The molecule has 0 heterocycles. The lowest BCUT2D eigenvalue weighted by molar-refractivity contribution is 0.239. The molecule has 14 heavy (non-hydrogen) atoms. The van der Waals surface area contributed by atoms with Gasteiger partial charge in [0.05, 0.1) is 0 Å². The Morgan fingerprint density at radius 2 is 1.79 bits per heavy atom. The number of terminal acetylenes is 1. The molecular formula is C13H10O. The van der Waals surface area contributed by atoms with Crippen molar-refractivity contribution in [2.75, 3.05) is 0 Å². The van der Waals surface area contributed by atoms with Crippen LogP contribution < -0.4 is 0 Å². The van der Waals surface area contributed by atoms with Gasteiger partial charge in [0.25, 0.3) is 0 Å². The summed E-state index contributed by atoms with van der Waals surface area (Å²) >= 11 is 0. The maximum atomic E-state index is 9.45. The van der Waals surface area contributed by atoms with Gasteiger partial charge in [0.2, 0.25) is 0 Å². The molecule has 2 aromatic rings. The molecule has 1 nitrogen and oxygen atoms in total. The highest BCUT2D eigenvalue weighted by atomic mass is 16.3. The summed E-state index contributed by atoms with van der Waals surface area (Å²) in [6, 6.07) is 13.7. The van der Waals surface area contributed by atoms with Gasteiger partial charge in [0.15, 0.2) is 0 Å². The Morgan fingerprint density at radius 1 is 1.07 bits per heavy atom. The van der Waals surface area contributed by atoms with E-state index in [0.717, 1.165) is 16.3 Å². The van der Waals surface area contributed by atoms with Crippen molar-refractivity contribution < 1.29 is 5.11 Å². The van der Waals surface area contributed by atoms with Gasteiger partial charge in [-0.1, -0.05) is 42.3 Å². The van der Waals surface area contributed by atoms with Gasteiger partial charge < -0.3 is 5.11 Å².